The average Bonchev–Trinajstić information content (AvgIpc) is 2.32. The lowest BCUT2D eigenvalue weighted by Gasteiger charge is -2.04. The van der Waals surface area contributed by atoms with Gasteiger partial charge in [-0.1, -0.05) is 11.6 Å². The van der Waals surface area contributed by atoms with E-state index in [1.54, 1.807) is 42.4 Å². The summed E-state index contributed by atoms with van der Waals surface area (Å²) in [5.41, 5.74) is 6.40. The summed E-state index contributed by atoms with van der Waals surface area (Å²) in [4.78, 5) is 9.23. The second kappa shape index (κ2) is 5.18. The van der Waals surface area contributed by atoms with E-state index >= 15 is 0 Å². The molecule has 2 aromatic rings. The molecule has 1 heterocycles. The number of thioether (sulfide) groups is 1. The number of nitrogens with zero attached hydrogens (tertiary/aromatic N) is 2. The van der Waals surface area contributed by atoms with Crippen LogP contribution in [0.3, 0.4) is 0 Å². The van der Waals surface area contributed by atoms with Crippen LogP contribution >= 0.6 is 23.4 Å². The van der Waals surface area contributed by atoms with Gasteiger partial charge < -0.3 is 5.73 Å². The van der Waals surface area contributed by atoms with Gasteiger partial charge >= 0.3 is 0 Å². The fraction of sp³-hybridized carbons (Fsp3) is 0.0909. The Morgan fingerprint density at radius 1 is 1.25 bits per heavy atom. The first-order chi connectivity index (χ1) is 7.75. The number of hydrogen-bond donors (Lipinski definition) is 1. The minimum Gasteiger partial charge on any atom is -0.399 e. The maximum absolute atomic E-state index is 6.05. The summed E-state index contributed by atoms with van der Waals surface area (Å²) in [6.07, 6.45) is 3.45. The number of benzene rings is 1. The van der Waals surface area contributed by atoms with Crippen LogP contribution in [0.2, 0.25) is 5.02 Å². The highest BCUT2D eigenvalue weighted by molar-refractivity contribution is 7.98. The molecule has 2 rings (SSSR count). The highest BCUT2D eigenvalue weighted by atomic mass is 35.5. The van der Waals surface area contributed by atoms with Crippen LogP contribution < -0.4 is 5.73 Å². The summed E-state index contributed by atoms with van der Waals surface area (Å²) >= 11 is 7.62. The first-order valence-corrected chi connectivity index (χ1v) is 6.06. The topological polar surface area (TPSA) is 51.8 Å². The van der Waals surface area contributed by atoms with Gasteiger partial charge in [-0.3, -0.25) is 0 Å². The molecule has 0 aliphatic rings. The van der Waals surface area contributed by atoms with Crippen molar-refractivity contribution in [1.29, 1.82) is 0 Å². The Balaban J connectivity index is 2.08. The zero-order valence-corrected chi connectivity index (χ0v) is 10.0. The van der Waals surface area contributed by atoms with Gasteiger partial charge in [0.15, 0.2) is 0 Å². The van der Waals surface area contributed by atoms with Crippen LogP contribution in [-0.4, -0.2) is 9.97 Å². The molecule has 0 spiro atoms. The van der Waals surface area contributed by atoms with E-state index < -0.39 is 0 Å². The van der Waals surface area contributed by atoms with Gasteiger partial charge in [-0.2, -0.15) is 0 Å². The number of hydrogen-bond acceptors (Lipinski definition) is 4. The molecule has 0 unspecified atom stereocenters. The lowest BCUT2D eigenvalue weighted by atomic mass is 10.3. The van der Waals surface area contributed by atoms with Crippen molar-refractivity contribution in [2.45, 2.75) is 10.6 Å². The van der Waals surface area contributed by atoms with Crippen molar-refractivity contribution in [2.24, 2.45) is 0 Å². The van der Waals surface area contributed by atoms with Gasteiger partial charge in [0.2, 0.25) is 0 Å². The van der Waals surface area contributed by atoms with Crippen LogP contribution in [0.1, 0.15) is 5.82 Å². The summed E-state index contributed by atoms with van der Waals surface area (Å²) in [7, 11) is 0. The number of halogens is 1. The van der Waals surface area contributed by atoms with Gasteiger partial charge in [-0.15, -0.1) is 11.8 Å². The zero-order valence-electron chi connectivity index (χ0n) is 8.43. The molecular formula is C11H10ClN3S. The van der Waals surface area contributed by atoms with Crippen molar-refractivity contribution in [3.05, 3.63) is 47.5 Å². The molecular weight excluding hydrogens is 242 g/mol. The van der Waals surface area contributed by atoms with Gasteiger partial charge in [0.05, 0.1) is 10.8 Å². The first-order valence-electron chi connectivity index (χ1n) is 4.69. The van der Waals surface area contributed by atoms with Crippen molar-refractivity contribution in [1.82, 2.24) is 9.97 Å². The smallest absolute Gasteiger partial charge is 0.138 e. The third-order valence-corrected chi connectivity index (χ3v) is 3.42. The highest BCUT2D eigenvalue weighted by Gasteiger charge is 2.03. The first kappa shape index (κ1) is 11.2. The predicted octanol–water partition coefficient (Wildman–Crippen LogP) is 3.00. The third kappa shape index (κ3) is 2.87. The van der Waals surface area contributed by atoms with Crippen LogP contribution in [0.5, 0.6) is 0 Å². The largest absolute Gasteiger partial charge is 0.399 e. The SMILES string of the molecule is Nc1ccc(Cl)c(SCc2ncccn2)c1. The average molecular weight is 252 g/mol. The Bertz CT molecular complexity index is 476. The Kier molecular flexibility index (Phi) is 3.64. The molecule has 1 aromatic carbocycles. The fourth-order valence-electron chi connectivity index (χ4n) is 1.18. The molecule has 0 fully saturated rings. The molecule has 5 heteroatoms. The fourth-order valence-corrected chi connectivity index (χ4v) is 2.32. The van der Waals surface area contributed by atoms with Gasteiger partial charge in [-0.25, -0.2) is 9.97 Å². The molecule has 0 amide bonds. The van der Waals surface area contributed by atoms with Crippen molar-refractivity contribution in [2.75, 3.05) is 5.73 Å². The molecule has 2 N–H and O–H groups in total. The number of nitrogen functional groups attached to an aromatic ring is 1. The minimum atomic E-state index is 0.685. The standard InChI is InChI=1S/C11H10ClN3S/c12-9-3-2-8(13)6-10(9)16-7-11-14-4-1-5-15-11/h1-6H,7,13H2. The quantitative estimate of drug-likeness (QED) is 0.673. The number of aromatic nitrogens is 2. The molecule has 0 saturated heterocycles. The van der Waals surface area contributed by atoms with E-state index in [1.165, 1.54) is 0 Å². The van der Waals surface area contributed by atoms with Crippen LogP contribution in [0.25, 0.3) is 0 Å². The van der Waals surface area contributed by atoms with Gasteiger partial charge in [0.25, 0.3) is 0 Å². The molecule has 1 aromatic heterocycles. The highest BCUT2D eigenvalue weighted by Crippen LogP contribution is 2.30. The van der Waals surface area contributed by atoms with Crippen molar-refractivity contribution in [3.8, 4) is 0 Å². The zero-order chi connectivity index (χ0) is 11.4. The van der Waals surface area contributed by atoms with E-state index in [2.05, 4.69) is 9.97 Å². The monoisotopic (exact) mass is 251 g/mol. The second-order valence-electron chi connectivity index (χ2n) is 3.14. The molecule has 0 radical (unpaired) electrons. The number of nitrogens with two attached hydrogens (primary N) is 1. The molecule has 0 atom stereocenters. The third-order valence-electron chi connectivity index (χ3n) is 1.93. The maximum Gasteiger partial charge on any atom is 0.138 e. The molecule has 82 valence electrons. The lowest BCUT2D eigenvalue weighted by molar-refractivity contribution is 1.03. The number of anilines is 1. The van der Waals surface area contributed by atoms with E-state index in [9.17, 15) is 0 Å². The van der Waals surface area contributed by atoms with Crippen molar-refractivity contribution < 1.29 is 0 Å². The van der Waals surface area contributed by atoms with E-state index in [0.29, 0.717) is 16.5 Å². The van der Waals surface area contributed by atoms with E-state index in [-0.39, 0.29) is 0 Å². The minimum absolute atomic E-state index is 0.685. The molecule has 0 bridgehead atoms. The Hall–Kier alpha value is -1.26. The van der Waals surface area contributed by atoms with Crippen molar-refractivity contribution >= 4 is 29.1 Å². The Morgan fingerprint density at radius 2 is 2.00 bits per heavy atom. The summed E-state index contributed by atoms with van der Waals surface area (Å²) in [6.45, 7) is 0. The Labute approximate surface area is 103 Å². The van der Waals surface area contributed by atoms with Crippen LogP contribution in [0.4, 0.5) is 5.69 Å². The summed E-state index contributed by atoms with van der Waals surface area (Å²) in [5, 5.41) is 0.704. The van der Waals surface area contributed by atoms with Crippen LogP contribution in [0.15, 0.2) is 41.6 Å². The van der Waals surface area contributed by atoms with Crippen molar-refractivity contribution in [3.63, 3.8) is 0 Å². The molecule has 0 aliphatic carbocycles. The lowest BCUT2D eigenvalue weighted by Crippen LogP contribution is -1.90. The Morgan fingerprint density at radius 3 is 2.75 bits per heavy atom. The maximum atomic E-state index is 6.05. The molecule has 0 aliphatic heterocycles. The predicted molar refractivity (Wildman–Crippen MR) is 67.5 cm³/mol. The van der Waals surface area contributed by atoms with Gasteiger partial charge in [0, 0.05) is 23.0 Å². The van der Waals surface area contributed by atoms with Crippen LogP contribution in [-0.2, 0) is 5.75 Å². The summed E-state index contributed by atoms with van der Waals surface area (Å²) < 4.78 is 0. The number of rotatable bonds is 3. The van der Waals surface area contributed by atoms with Gasteiger partial charge in [0.1, 0.15) is 5.82 Å². The molecule has 0 saturated carbocycles. The van der Waals surface area contributed by atoms with E-state index in [1.807, 2.05) is 6.07 Å². The molecule has 3 nitrogen and oxygen atoms in total. The van der Waals surface area contributed by atoms with E-state index in [0.717, 1.165) is 10.7 Å². The van der Waals surface area contributed by atoms with Crippen LogP contribution in [0, 0.1) is 0 Å². The molecule has 16 heavy (non-hydrogen) atoms. The van der Waals surface area contributed by atoms with Gasteiger partial charge in [-0.05, 0) is 24.3 Å². The second-order valence-corrected chi connectivity index (χ2v) is 4.57. The summed E-state index contributed by atoms with van der Waals surface area (Å²) in [5.74, 6) is 1.47. The summed E-state index contributed by atoms with van der Waals surface area (Å²) in [6, 6.07) is 7.23. The van der Waals surface area contributed by atoms with E-state index in [4.69, 9.17) is 17.3 Å². The normalized spacial score (nSPS) is 10.3.